The van der Waals surface area contributed by atoms with E-state index in [2.05, 4.69) is 38.1 Å². The van der Waals surface area contributed by atoms with Crippen LogP contribution < -0.4 is 10.4 Å². The molecule has 0 N–H and O–H groups in total. The normalized spacial score (nSPS) is 13.1. The van der Waals surface area contributed by atoms with E-state index < -0.39 is 0 Å². The van der Waals surface area contributed by atoms with Crippen molar-refractivity contribution < 1.29 is 13.9 Å². The number of carbonyl (C=O) groups is 1. The molecule has 0 radical (unpaired) electrons. The Morgan fingerprint density at radius 1 is 1.07 bits per heavy atom. The van der Waals surface area contributed by atoms with Gasteiger partial charge in [-0.15, -0.1) is 0 Å². The zero-order valence-electron chi connectivity index (χ0n) is 16.3. The van der Waals surface area contributed by atoms with E-state index in [4.69, 9.17) is 9.15 Å². The standard InChI is InChI=1S/C24H24O4/c1-15(2)17-9-6-16(7-10-17)8-13-23(25)27-18-11-12-20-19-4-3-5-21(19)24(26)28-22(20)14-18/h6-7,9-12,14-15H,3-5,8,13H2,1-2H3. The number of benzene rings is 2. The van der Waals surface area contributed by atoms with Crippen molar-refractivity contribution in [3.05, 3.63) is 75.1 Å². The molecule has 1 aromatic heterocycles. The quantitative estimate of drug-likeness (QED) is 0.359. The van der Waals surface area contributed by atoms with Gasteiger partial charge >= 0.3 is 11.6 Å². The number of fused-ring (bicyclic) bond motifs is 3. The molecule has 0 bridgehead atoms. The van der Waals surface area contributed by atoms with Crippen LogP contribution in [0.4, 0.5) is 0 Å². The topological polar surface area (TPSA) is 56.5 Å². The second kappa shape index (κ2) is 7.63. The van der Waals surface area contributed by atoms with Crippen LogP contribution in [0, 0.1) is 0 Å². The Balaban J connectivity index is 1.43. The molecule has 0 saturated carbocycles. The molecule has 3 aromatic rings. The summed E-state index contributed by atoms with van der Waals surface area (Å²) in [6.07, 6.45) is 3.59. The first-order chi connectivity index (χ1) is 13.5. The van der Waals surface area contributed by atoms with E-state index in [0.717, 1.165) is 41.3 Å². The fourth-order valence-corrected chi connectivity index (χ4v) is 3.83. The number of hydrogen-bond acceptors (Lipinski definition) is 4. The highest BCUT2D eigenvalue weighted by Crippen LogP contribution is 2.29. The largest absolute Gasteiger partial charge is 0.426 e. The van der Waals surface area contributed by atoms with Crippen LogP contribution in [0.3, 0.4) is 0 Å². The minimum atomic E-state index is -0.296. The number of ether oxygens (including phenoxy) is 1. The van der Waals surface area contributed by atoms with Gasteiger partial charge in [-0.3, -0.25) is 4.79 Å². The van der Waals surface area contributed by atoms with E-state index >= 15 is 0 Å². The summed E-state index contributed by atoms with van der Waals surface area (Å²) >= 11 is 0. The van der Waals surface area contributed by atoms with Crippen LogP contribution in [-0.4, -0.2) is 5.97 Å². The summed E-state index contributed by atoms with van der Waals surface area (Å²) in [4.78, 5) is 24.3. The average Bonchev–Trinajstić information content (AvgIpc) is 3.17. The maximum atomic E-state index is 12.2. The van der Waals surface area contributed by atoms with Gasteiger partial charge in [-0.25, -0.2) is 4.79 Å². The van der Waals surface area contributed by atoms with Crippen LogP contribution in [0.25, 0.3) is 11.0 Å². The van der Waals surface area contributed by atoms with Gasteiger partial charge in [-0.1, -0.05) is 38.1 Å². The van der Waals surface area contributed by atoms with E-state index in [-0.39, 0.29) is 11.6 Å². The van der Waals surface area contributed by atoms with Crippen LogP contribution in [0.1, 0.15) is 54.9 Å². The van der Waals surface area contributed by atoms with Gasteiger partial charge in [0.15, 0.2) is 0 Å². The maximum Gasteiger partial charge on any atom is 0.339 e. The first kappa shape index (κ1) is 18.5. The molecule has 0 unspecified atom stereocenters. The minimum absolute atomic E-state index is 0.270. The molecule has 0 fully saturated rings. The summed E-state index contributed by atoms with van der Waals surface area (Å²) in [5.74, 6) is 0.609. The Kier molecular flexibility index (Phi) is 5.03. The lowest BCUT2D eigenvalue weighted by Crippen LogP contribution is -2.10. The SMILES string of the molecule is CC(C)c1ccc(CCC(=O)Oc2ccc3c4c(c(=O)oc3c2)CCC4)cc1. The lowest BCUT2D eigenvalue weighted by molar-refractivity contribution is -0.134. The molecular formula is C24H24O4. The lowest BCUT2D eigenvalue weighted by Gasteiger charge is -2.08. The fraction of sp³-hybridized carbons (Fsp3) is 0.333. The van der Waals surface area contributed by atoms with Gasteiger partial charge < -0.3 is 9.15 Å². The molecule has 1 aliphatic rings. The van der Waals surface area contributed by atoms with Crippen molar-refractivity contribution in [2.45, 2.75) is 51.9 Å². The molecular weight excluding hydrogens is 352 g/mol. The lowest BCUT2D eigenvalue weighted by atomic mass is 10.0. The molecule has 2 aromatic carbocycles. The number of aryl methyl sites for hydroxylation is 2. The van der Waals surface area contributed by atoms with Crippen molar-refractivity contribution in [2.75, 3.05) is 0 Å². The van der Waals surface area contributed by atoms with Crippen molar-refractivity contribution >= 4 is 16.9 Å². The smallest absolute Gasteiger partial charge is 0.339 e. The third-order valence-electron chi connectivity index (χ3n) is 5.44. The molecule has 0 saturated heterocycles. The van der Waals surface area contributed by atoms with Gasteiger partial charge in [-0.05, 0) is 60.4 Å². The van der Waals surface area contributed by atoms with E-state index in [1.807, 2.05) is 6.07 Å². The molecule has 0 aliphatic heterocycles. The molecule has 1 aliphatic carbocycles. The van der Waals surface area contributed by atoms with Gasteiger partial charge in [0, 0.05) is 23.4 Å². The van der Waals surface area contributed by atoms with E-state index in [9.17, 15) is 9.59 Å². The molecule has 0 amide bonds. The first-order valence-corrected chi connectivity index (χ1v) is 9.89. The number of hydrogen-bond donors (Lipinski definition) is 0. The first-order valence-electron chi connectivity index (χ1n) is 9.89. The number of carbonyl (C=O) groups excluding carboxylic acids is 1. The highest BCUT2D eigenvalue weighted by atomic mass is 16.5. The van der Waals surface area contributed by atoms with Crippen LogP contribution in [-0.2, 0) is 24.1 Å². The van der Waals surface area contributed by atoms with Crippen LogP contribution in [0.5, 0.6) is 5.75 Å². The fourth-order valence-electron chi connectivity index (χ4n) is 3.83. The molecule has 1 heterocycles. The van der Waals surface area contributed by atoms with Gasteiger partial charge in [0.25, 0.3) is 0 Å². The molecule has 144 valence electrons. The van der Waals surface area contributed by atoms with Crippen molar-refractivity contribution in [2.24, 2.45) is 0 Å². The summed E-state index contributed by atoms with van der Waals surface area (Å²) in [6, 6.07) is 13.6. The Morgan fingerprint density at radius 3 is 2.57 bits per heavy atom. The third-order valence-corrected chi connectivity index (χ3v) is 5.44. The Labute approximate surface area is 164 Å². The molecule has 4 rings (SSSR count). The summed E-state index contributed by atoms with van der Waals surface area (Å²) in [7, 11) is 0. The second-order valence-corrected chi connectivity index (χ2v) is 7.73. The van der Waals surface area contributed by atoms with E-state index in [0.29, 0.717) is 30.1 Å². The van der Waals surface area contributed by atoms with Crippen molar-refractivity contribution in [3.63, 3.8) is 0 Å². The highest BCUT2D eigenvalue weighted by molar-refractivity contribution is 5.84. The second-order valence-electron chi connectivity index (χ2n) is 7.73. The number of rotatable bonds is 5. The van der Waals surface area contributed by atoms with Crippen molar-refractivity contribution in [1.82, 2.24) is 0 Å². The minimum Gasteiger partial charge on any atom is -0.426 e. The van der Waals surface area contributed by atoms with Crippen LogP contribution in [0.15, 0.2) is 51.7 Å². The average molecular weight is 376 g/mol. The maximum absolute atomic E-state index is 12.2. The summed E-state index contributed by atoms with van der Waals surface area (Å²) in [5.41, 5.74) is 4.49. The van der Waals surface area contributed by atoms with E-state index in [1.165, 1.54) is 5.56 Å². The van der Waals surface area contributed by atoms with Gasteiger partial charge in [0.1, 0.15) is 11.3 Å². The van der Waals surface area contributed by atoms with Gasteiger partial charge in [-0.2, -0.15) is 0 Å². The summed E-state index contributed by atoms with van der Waals surface area (Å²) in [6.45, 7) is 4.32. The molecule has 28 heavy (non-hydrogen) atoms. The molecule has 4 nitrogen and oxygen atoms in total. The number of esters is 1. The van der Waals surface area contributed by atoms with Crippen LogP contribution in [0.2, 0.25) is 0 Å². The zero-order valence-corrected chi connectivity index (χ0v) is 16.3. The van der Waals surface area contributed by atoms with Crippen molar-refractivity contribution in [1.29, 1.82) is 0 Å². The molecule has 0 spiro atoms. The summed E-state index contributed by atoms with van der Waals surface area (Å²) < 4.78 is 10.9. The Hall–Kier alpha value is -2.88. The predicted molar refractivity (Wildman–Crippen MR) is 109 cm³/mol. The van der Waals surface area contributed by atoms with Crippen molar-refractivity contribution in [3.8, 4) is 5.75 Å². The molecule has 4 heteroatoms. The summed E-state index contributed by atoms with van der Waals surface area (Å²) in [5, 5.41) is 0.942. The Morgan fingerprint density at radius 2 is 1.82 bits per heavy atom. The third kappa shape index (κ3) is 3.72. The van der Waals surface area contributed by atoms with Gasteiger partial charge in [0.05, 0.1) is 0 Å². The monoisotopic (exact) mass is 376 g/mol. The predicted octanol–water partition coefficient (Wildman–Crippen LogP) is 4.94. The Bertz CT molecular complexity index is 1070. The highest BCUT2D eigenvalue weighted by Gasteiger charge is 2.20. The van der Waals surface area contributed by atoms with Gasteiger partial charge in [0.2, 0.25) is 0 Å². The van der Waals surface area contributed by atoms with Crippen LogP contribution >= 0.6 is 0 Å². The molecule has 0 atom stereocenters. The zero-order chi connectivity index (χ0) is 19.7. The van der Waals surface area contributed by atoms with E-state index in [1.54, 1.807) is 12.1 Å².